The van der Waals surface area contributed by atoms with E-state index in [2.05, 4.69) is 88.6 Å². The van der Waals surface area contributed by atoms with Gasteiger partial charge in [-0.25, -0.2) is 0 Å². The van der Waals surface area contributed by atoms with E-state index in [-0.39, 0.29) is 10.8 Å². The Bertz CT molecular complexity index is 704. The number of rotatable bonds is 1. The van der Waals surface area contributed by atoms with Gasteiger partial charge in [-0.15, -0.1) is 0 Å². The van der Waals surface area contributed by atoms with Crippen LogP contribution < -0.4 is 0 Å². The van der Waals surface area contributed by atoms with Crippen molar-refractivity contribution in [1.82, 2.24) is 4.57 Å². The molecule has 0 unspecified atom stereocenters. The van der Waals surface area contributed by atoms with E-state index in [0.717, 1.165) is 6.54 Å². The predicted octanol–water partition coefficient (Wildman–Crippen LogP) is 6.51. The van der Waals surface area contributed by atoms with E-state index >= 15 is 0 Å². The molecule has 0 N–H and O–H groups in total. The van der Waals surface area contributed by atoms with Crippen LogP contribution in [0.25, 0.3) is 5.57 Å². The number of hydrogen-bond donors (Lipinski definition) is 0. The van der Waals surface area contributed by atoms with Gasteiger partial charge in [0.05, 0.1) is 0 Å². The lowest BCUT2D eigenvalue weighted by Gasteiger charge is -2.38. The molecule has 0 saturated carbocycles. The van der Waals surface area contributed by atoms with E-state index in [0.29, 0.717) is 5.41 Å². The first-order valence-electron chi connectivity index (χ1n) is 9.39. The van der Waals surface area contributed by atoms with Crippen molar-refractivity contribution in [3.8, 4) is 0 Å². The van der Waals surface area contributed by atoms with Crippen LogP contribution in [0.1, 0.15) is 72.2 Å². The number of nitrogens with zero attached hydrogens (tertiary/aromatic N) is 1. The molecule has 0 fully saturated rings. The molecule has 0 amide bonds. The number of allylic oxidation sites excluding steroid dienone is 6. The van der Waals surface area contributed by atoms with Crippen LogP contribution in [-0.2, 0) is 12.0 Å². The van der Waals surface area contributed by atoms with Crippen molar-refractivity contribution in [3.63, 3.8) is 0 Å². The maximum Gasteiger partial charge on any atom is 0.0479 e. The largest absolute Gasteiger partial charge is 0.344 e. The van der Waals surface area contributed by atoms with Crippen molar-refractivity contribution < 1.29 is 0 Å². The van der Waals surface area contributed by atoms with Gasteiger partial charge in [-0.05, 0) is 42.4 Å². The average Bonchev–Trinajstić information content (AvgIpc) is 2.75. The monoisotopic (exact) mass is 323 g/mol. The standard InChI is InChI=1S/C23H33N/c1-21(2)13-8-7-10-18(16-21)19-11-12-20-23(5,6)17-22(3,4)14-9-15-24(19)20/h7-8,10-13,16H,9,14-15,17H2,1-6H3. The van der Waals surface area contributed by atoms with Gasteiger partial charge in [0.25, 0.3) is 0 Å². The molecule has 130 valence electrons. The molecule has 24 heavy (non-hydrogen) atoms. The maximum absolute atomic E-state index is 2.59. The molecule has 0 atom stereocenters. The van der Waals surface area contributed by atoms with Crippen LogP contribution >= 0.6 is 0 Å². The molecule has 0 aromatic carbocycles. The molecular weight excluding hydrogens is 290 g/mol. The van der Waals surface area contributed by atoms with Gasteiger partial charge in [0.15, 0.2) is 0 Å². The molecule has 0 bridgehead atoms. The summed E-state index contributed by atoms with van der Waals surface area (Å²) in [6.07, 6.45) is 15.1. The second kappa shape index (κ2) is 5.79. The van der Waals surface area contributed by atoms with Gasteiger partial charge in [0, 0.05) is 28.8 Å². The third kappa shape index (κ3) is 3.45. The Morgan fingerprint density at radius 2 is 1.71 bits per heavy atom. The Hall–Kier alpha value is -1.50. The summed E-state index contributed by atoms with van der Waals surface area (Å²) >= 11 is 0. The molecule has 1 aliphatic heterocycles. The fraction of sp³-hybridized carbons (Fsp3) is 0.565. The Morgan fingerprint density at radius 1 is 0.958 bits per heavy atom. The minimum Gasteiger partial charge on any atom is -0.344 e. The lowest BCUT2D eigenvalue weighted by Crippen LogP contribution is -2.32. The summed E-state index contributed by atoms with van der Waals surface area (Å²) in [5, 5.41) is 0. The Balaban J connectivity index is 2.07. The normalized spacial score (nSPS) is 24.5. The summed E-state index contributed by atoms with van der Waals surface area (Å²) in [7, 11) is 0. The summed E-state index contributed by atoms with van der Waals surface area (Å²) in [4.78, 5) is 0. The Morgan fingerprint density at radius 3 is 2.46 bits per heavy atom. The molecule has 1 heteroatoms. The fourth-order valence-corrected chi connectivity index (χ4v) is 4.76. The highest BCUT2D eigenvalue weighted by molar-refractivity contribution is 5.74. The van der Waals surface area contributed by atoms with Gasteiger partial charge < -0.3 is 4.57 Å². The summed E-state index contributed by atoms with van der Waals surface area (Å²) in [6.45, 7) is 15.4. The molecule has 3 rings (SSSR count). The van der Waals surface area contributed by atoms with Crippen molar-refractivity contribution in [2.45, 2.75) is 72.8 Å². The smallest absolute Gasteiger partial charge is 0.0479 e. The number of aromatic nitrogens is 1. The van der Waals surface area contributed by atoms with E-state index in [1.54, 1.807) is 0 Å². The lowest BCUT2D eigenvalue weighted by molar-refractivity contribution is 0.208. The minimum atomic E-state index is 0.0999. The Labute approximate surface area is 148 Å². The van der Waals surface area contributed by atoms with Crippen molar-refractivity contribution in [2.24, 2.45) is 10.8 Å². The molecule has 1 aromatic rings. The zero-order valence-electron chi connectivity index (χ0n) is 16.3. The second-order valence-corrected chi connectivity index (χ2v) is 9.72. The van der Waals surface area contributed by atoms with Gasteiger partial charge in [0.1, 0.15) is 0 Å². The van der Waals surface area contributed by atoms with Crippen LogP contribution in [0.5, 0.6) is 0 Å². The van der Waals surface area contributed by atoms with Crippen LogP contribution in [0.3, 0.4) is 0 Å². The topological polar surface area (TPSA) is 4.93 Å². The zero-order valence-corrected chi connectivity index (χ0v) is 16.3. The van der Waals surface area contributed by atoms with Crippen LogP contribution in [0.2, 0.25) is 0 Å². The first kappa shape index (κ1) is 17.3. The van der Waals surface area contributed by atoms with Gasteiger partial charge in [-0.1, -0.05) is 71.9 Å². The molecule has 0 spiro atoms. The van der Waals surface area contributed by atoms with Crippen molar-refractivity contribution in [2.75, 3.05) is 0 Å². The van der Waals surface area contributed by atoms with Crippen LogP contribution in [0, 0.1) is 10.8 Å². The maximum atomic E-state index is 2.59. The molecule has 1 aromatic heterocycles. The van der Waals surface area contributed by atoms with Gasteiger partial charge in [-0.3, -0.25) is 0 Å². The van der Waals surface area contributed by atoms with Crippen LogP contribution in [0.4, 0.5) is 0 Å². The third-order valence-corrected chi connectivity index (χ3v) is 5.57. The zero-order chi connectivity index (χ0) is 17.6. The molecule has 2 aliphatic rings. The second-order valence-electron chi connectivity index (χ2n) is 9.72. The quantitative estimate of drug-likeness (QED) is 0.555. The Kier molecular flexibility index (Phi) is 4.18. The molecule has 0 radical (unpaired) electrons. The lowest BCUT2D eigenvalue weighted by atomic mass is 9.70. The molecular formula is C23H33N. The third-order valence-electron chi connectivity index (χ3n) is 5.57. The summed E-state index contributed by atoms with van der Waals surface area (Å²) in [5.74, 6) is 0. The summed E-state index contributed by atoms with van der Waals surface area (Å²) < 4.78 is 2.59. The fourth-order valence-electron chi connectivity index (χ4n) is 4.76. The molecule has 0 saturated heterocycles. The van der Waals surface area contributed by atoms with E-state index in [1.807, 2.05) is 0 Å². The van der Waals surface area contributed by atoms with Gasteiger partial charge in [-0.2, -0.15) is 0 Å². The van der Waals surface area contributed by atoms with Crippen LogP contribution in [-0.4, -0.2) is 4.57 Å². The number of fused-ring (bicyclic) bond motifs is 1. The first-order valence-corrected chi connectivity index (χ1v) is 9.39. The highest BCUT2D eigenvalue weighted by Gasteiger charge is 2.34. The highest BCUT2D eigenvalue weighted by atomic mass is 15.0. The van der Waals surface area contributed by atoms with Crippen molar-refractivity contribution in [3.05, 3.63) is 53.9 Å². The van der Waals surface area contributed by atoms with E-state index < -0.39 is 0 Å². The summed E-state index contributed by atoms with van der Waals surface area (Å²) in [6, 6.07) is 4.71. The van der Waals surface area contributed by atoms with E-state index in [4.69, 9.17) is 0 Å². The van der Waals surface area contributed by atoms with E-state index in [9.17, 15) is 0 Å². The molecule has 1 aliphatic carbocycles. The SMILES string of the molecule is CC1(C)C=CC=CC(c2ccc3n2CCCC(C)(C)CC3(C)C)=C1. The number of hydrogen-bond acceptors (Lipinski definition) is 0. The van der Waals surface area contributed by atoms with Crippen molar-refractivity contribution in [1.29, 1.82) is 0 Å². The van der Waals surface area contributed by atoms with Gasteiger partial charge in [0.2, 0.25) is 0 Å². The van der Waals surface area contributed by atoms with Crippen molar-refractivity contribution >= 4 is 5.57 Å². The highest BCUT2D eigenvalue weighted by Crippen LogP contribution is 2.43. The van der Waals surface area contributed by atoms with Gasteiger partial charge >= 0.3 is 0 Å². The predicted molar refractivity (Wildman–Crippen MR) is 105 cm³/mol. The van der Waals surface area contributed by atoms with E-state index in [1.165, 1.54) is 36.2 Å². The molecule has 2 heterocycles. The average molecular weight is 324 g/mol. The first-order chi connectivity index (χ1) is 11.1. The summed E-state index contributed by atoms with van der Waals surface area (Å²) in [5.41, 5.74) is 4.97. The van der Waals surface area contributed by atoms with Crippen LogP contribution in [0.15, 0.2) is 42.5 Å². The minimum absolute atomic E-state index is 0.0999. The molecule has 1 nitrogen and oxygen atoms in total.